The van der Waals surface area contributed by atoms with E-state index in [1.807, 2.05) is 0 Å². The zero-order chi connectivity index (χ0) is 12.8. The molecule has 0 aromatic carbocycles. The third-order valence-corrected chi connectivity index (χ3v) is 3.75. The number of rotatable bonds is 2. The SMILES string of the molecule is C=C(C)[C@H]1C/C=C(/C)CCC(=O)C(CO)CC1. The topological polar surface area (TPSA) is 37.3 Å². The minimum Gasteiger partial charge on any atom is -0.396 e. The van der Waals surface area contributed by atoms with Crippen molar-refractivity contribution in [3.05, 3.63) is 23.8 Å². The van der Waals surface area contributed by atoms with E-state index < -0.39 is 0 Å². The second-order valence-corrected chi connectivity index (χ2v) is 5.25. The second-order valence-electron chi connectivity index (χ2n) is 5.25. The number of carbonyl (C=O) groups is 1. The first kappa shape index (κ1) is 14.2. The second kappa shape index (κ2) is 6.75. The average Bonchev–Trinajstić information content (AvgIpc) is 2.29. The summed E-state index contributed by atoms with van der Waals surface area (Å²) >= 11 is 0. The summed E-state index contributed by atoms with van der Waals surface area (Å²) in [7, 11) is 0. The van der Waals surface area contributed by atoms with Crippen molar-refractivity contribution in [1.82, 2.24) is 0 Å². The van der Waals surface area contributed by atoms with Gasteiger partial charge in [-0.15, -0.1) is 0 Å². The number of ketones is 1. The highest BCUT2D eigenvalue weighted by molar-refractivity contribution is 5.81. The van der Waals surface area contributed by atoms with E-state index in [4.69, 9.17) is 0 Å². The largest absolute Gasteiger partial charge is 0.396 e. The zero-order valence-electron chi connectivity index (χ0n) is 11.0. The highest BCUT2D eigenvalue weighted by Gasteiger charge is 2.20. The Labute approximate surface area is 104 Å². The van der Waals surface area contributed by atoms with E-state index >= 15 is 0 Å². The smallest absolute Gasteiger partial charge is 0.138 e. The van der Waals surface area contributed by atoms with Crippen LogP contribution in [-0.4, -0.2) is 17.5 Å². The van der Waals surface area contributed by atoms with Crippen LogP contribution in [0.25, 0.3) is 0 Å². The summed E-state index contributed by atoms with van der Waals surface area (Å²) < 4.78 is 0. The lowest BCUT2D eigenvalue weighted by atomic mass is 9.85. The fourth-order valence-electron chi connectivity index (χ4n) is 2.29. The van der Waals surface area contributed by atoms with Gasteiger partial charge in [-0.2, -0.15) is 0 Å². The van der Waals surface area contributed by atoms with Gasteiger partial charge in [0.15, 0.2) is 0 Å². The molecule has 0 aliphatic heterocycles. The summed E-state index contributed by atoms with van der Waals surface area (Å²) in [5.74, 6) is 0.496. The molecular weight excluding hydrogens is 212 g/mol. The molecule has 0 radical (unpaired) electrons. The maximum Gasteiger partial charge on any atom is 0.138 e. The van der Waals surface area contributed by atoms with E-state index in [0.29, 0.717) is 12.3 Å². The Morgan fingerprint density at radius 3 is 2.76 bits per heavy atom. The molecule has 0 saturated carbocycles. The molecule has 1 rings (SSSR count). The molecule has 1 unspecified atom stereocenters. The summed E-state index contributed by atoms with van der Waals surface area (Å²) in [4.78, 5) is 11.9. The average molecular weight is 236 g/mol. The van der Waals surface area contributed by atoms with Gasteiger partial charge in [-0.3, -0.25) is 4.79 Å². The van der Waals surface area contributed by atoms with Crippen LogP contribution in [0.1, 0.15) is 46.0 Å². The van der Waals surface area contributed by atoms with Gasteiger partial charge < -0.3 is 5.11 Å². The molecule has 1 aliphatic rings. The van der Waals surface area contributed by atoms with Gasteiger partial charge in [-0.1, -0.05) is 23.8 Å². The van der Waals surface area contributed by atoms with Gasteiger partial charge in [0.1, 0.15) is 5.78 Å². The molecule has 0 spiro atoms. The van der Waals surface area contributed by atoms with Gasteiger partial charge in [0.25, 0.3) is 0 Å². The van der Waals surface area contributed by atoms with Crippen molar-refractivity contribution >= 4 is 5.78 Å². The first-order chi connectivity index (χ1) is 8.04. The fraction of sp³-hybridized carbons (Fsp3) is 0.667. The van der Waals surface area contributed by atoms with Crippen LogP contribution < -0.4 is 0 Å². The van der Waals surface area contributed by atoms with Crippen LogP contribution in [0.4, 0.5) is 0 Å². The summed E-state index contributed by atoms with van der Waals surface area (Å²) in [6, 6.07) is 0. The van der Waals surface area contributed by atoms with Crippen molar-refractivity contribution in [2.24, 2.45) is 11.8 Å². The van der Waals surface area contributed by atoms with E-state index in [-0.39, 0.29) is 18.3 Å². The minimum absolute atomic E-state index is 0.00942. The lowest BCUT2D eigenvalue weighted by Gasteiger charge is -2.21. The van der Waals surface area contributed by atoms with Crippen molar-refractivity contribution in [2.75, 3.05) is 6.61 Å². The van der Waals surface area contributed by atoms with Crippen LogP contribution in [0.2, 0.25) is 0 Å². The van der Waals surface area contributed by atoms with Gasteiger partial charge >= 0.3 is 0 Å². The maximum atomic E-state index is 11.9. The van der Waals surface area contributed by atoms with E-state index in [0.717, 1.165) is 25.7 Å². The van der Waals surface area contributed by atoms with E-state index in [1.54, 1.807) is 0 Å². The van der Waals surface area contributed by atoms with Gasteiger partial charge in [0.05, 0.1) is 6.61 Å². The van der Waals surface area contributed by atoms with Crippen molar-refractivity contribution in [2.45, 2.75) is 46.0 Å². The molecule has 0 heterocycles. The van der Waals surface area contributed by atoms with E-state index in [9.17, 15) is 9.90 Å². The van der Waals surface area contributed by atoms with Gasteiger partial charge in [-0.05, 0) is 45.4 Å². The molecule has 2 nitrogen and oxygen atoms in total. The zero-order valence-corrected chi connectivity index (χ0v) is 11.0. The quantitative estimate of drug-likeness (QED) is 0.747. The van der Waals surface area contributed by atoms with Crippen molar-refractivity contribution in [3.63, 3.8) is 0 Å². The summed E-state index contributed by atoms with van der Waals surface area (Å²) in [5, 5.41) is 9.27. The molecular formula is C15H24O2. The van der Waals surface area contributed by atoms with Crippen LogP contribution in [-0.2, 0) is 4.79 Å². The molecule has 0 aromatic heterocycles. The normalized spacial score (nSPS) is 30.5. The fourth-order valence-corrected chi connectivity index (χ4v) is 2.29. The molecule has 0 aromatic rings. The van der Waals surface area contributed by atoms with Gasteiger partial charge in [-0.25, -0.2) is 0 Å². The summed E-state index contributed by atoms with van der Waals surface area (Å²) in [6.45, 7) is 8.15. The molecule has 0 saturated heterocycles. The lowest BCUT2D eigenvalue weighted by molar-refractivity contribution is -0.124. The Balaban J connectivity index is 2.77. The molecule has 1 N–H and O–H groups in total. The van der Waals surface area contributed by atoms with Crippen molar-refractivity contribution < 1.29 is 9.90 Å². The third kappa shape index (κ3) is 4.47. The molecule has 0 bridgehead atoms. The number of carbonyl (C=O) groups excluding carboxylic acids is 1. The first-order valence-electron chi connectivity index (χ1n) is 6.49. The highest BCUT2D eigenvalue weighted by atomic mass is 16.3. The Hall–Kier alpha value is -0.890. The monoisotopic (exact) mass is 236 g/mol. The molecule has 96 valence electrons. The first-order valence-corrected chi connectivity index (χ1v) is 6.49. The standard InChI is InChI=1S/C15H24O2/c1-11(2)13-6-4-12(3)5-9-15(17)14(10-16)8-7-13/h4,13-14,16H,1,5-10H2,2-3H3/b12-4-/t13-,14?/m0/s1. The predicted molar refractivity (Wildman–Crippen MR) is 70.7 cm³/mol. The number of Topliss-reactive ketones (excluding diaryl/α,β-unsaturated/α-hetero) is 1. The van der Waals surface area contributed by atoms with Crippen LogP contribution in [0.15, 0.2) is 23.8 Å². The van der Waals surface area contributed by atoms with E-state index in [1.165, 1.54) is 11.1 Å². The van der Waals surface area contributed by atoms with Crippen LogP contribution >= 0.6 is 0 Å². The third-order valence-electron chi connectivity index (χ3n) is 3.75. The van der Waals surface area contributed by atoms with Gasteiger partial charge in [0, 0.05) is 12.3 Å². The predicted octanol–water partition coefficient (Wildman–Crippen LogP) is 3.27. The van der Waals surface area contributed by atoms with Gasteiger partial charge in [0.2, 0.25) is 0 Å². The Morgan fingerprint density at radius 2 is 2.18 bits per heavy atom. The Bertz CT molecular complexity index is 315. The van der Waals surface area contributed by atoms with Crippen molar-refractivity contribution in [3.8, 4) is 0 Å². The molecule has 2 atom stereocenters. The summed E-state index contributed by atoms with van der Waals surface area (Å²) in [5.41, 5.74) is 2.46. The van der Waals surface area contributed by atoms with E-state index in [2.05, 4.69) is 26.5 Å². The lowest BCUT2D eigenvalue weighted by Crippen LogP contribution is -2.20. The molecule has 17 heavy (non-hydrogen) atoms. The van der Waals surface area contributed by atoms with Crippen molar-refractivity contribution in [1.29, 1.82) is 0 Å². The number of aliphatic hydroxyl groups is 1. The number of hydrogen-bond acceptors (Lipinski definition) is 2. The Morgan fingerprint density at radius 1 is 1.47 bits per heavy atom. The summed E-state index contributed by atoms with van der Waals surface area (Å²) in [6.07, 6.45) is 6.42. The molecule has 2 heteroatoms. The van der Waals surface area contributed by atoms with Crippen LogP contribution in [0.5, 0.6) is 0 Å². The number of allylic oxidation sites excluding steroid dienone is 3. The minimum atomic E-state index is -0.164. The Kier molecular flexibility index (Phi) is 5.63. The molecule has 0 fully saturated rings. The molecule has 1 aliphatic carbocycles. The van der Waals surface area contributed by atoms with Crippen LogP contribution in [0.3, 0.4) is 0 Å². The number of aliphatic hydroxyl groups excluding tert-OH is 1. The maximum absolute atomic E-state index is 11.9. The van der Waals surface area contributed by atoms with Crippen LogP contribution in [0, 0.1) is 11.8 Å². The number of hydrogen-bond donors (Lipinski definition) is 1. The highest BCUT2D eigenvalue weighted by Crippen LogP contribution is 2.26. The molecule has 0 amide bonds.